The molecule has 0 aliphatic carbocycles. The number of carbonyl (C=O) groups excluding carboxylic acids is 4. The van der Waals surface area contributed by atoms with E-state index >= 15 is 0 Å². The quantitative estimate of drug-likeness (QED) is 0.301. The lowest BCUT2D eigenvalue weighted by Gasteiger charge is -2.26. The third-order valence-corrected chi connectivity index (χ3v) is 5.46. The van der Waals surface area contributed by atoms with Crippen molar-refractivity contribution in [3.63, 3.8) is 0 Å². The van der Waals surface area contributed by atoms with Crippen LogP contribution in [-0.4, -0.2) is 35.3 Å². The smallest absolute Gasteiger partial charge is 0.343 e. The number of rotatable bonds is 5. The van der Waals surface area contributed by atoms with Crippen molar-refractivity contribution in [1.29, 1.82) is 0 Å². The van der Waals surface area contributed by atoms with Gasteiger partial charge >= 0.3 is 5.97 Å². The second kappa shape index (κ2) is 8.76. The molecule has 3 aromatic carbocycles. The summed E-state index contributed by atoms with van der Waals surface area (Å²) in [6, 6.07) is 19.7. The van der Waals surface area contributed by atoms with Crippen LogP contribution in [-0.2, 0) is 4.79 Å². The zero-order valence-corrected chi connectivity index (χ0v) is 18.5. The number of hydrogen-bond acceptors (Lipinski definition) is 5. The van der Waals surface area contributed by atoms with Gasteiger partial charge in [0, 0.05) is 17.1 Å². The molecule has 7 nitrogen and oxygen atoms in total. The number of esters is 1. The van der Waals surface area contributed by atoms with E-state index in [-0.39, 0.29) is 18.1 Å². The summed E-state index contributed by atoms with van der Waals surface area (Å²) < 4.78 is 5.99. The zero-order chi connectivity index (χ0) is 22.8. The van der Waals surface area contributed by atoms with E-state index in [0.717, 1.165) is 4.90 Å². The SMILES string of the molecule is CC(=O)N(CN1C(=O)c2ccc(Br)cc2C1=O)c1ccc(C(=O)Oc2ccccc2)cc1. The normalized spacial score (nSPS) is 12.5. The van der Waals surface area contributed by atoms with Crippen LogP contribution in [0.5, 0.6) is 5.75 Å². The molecule has 32 heavy (non-hydrogen) atoms. The van der Waals surface area contributed by atoms with Gasteiger partial charge in [0.2, 0.25) is 5.91 Å². The molecule has 8 heteroatoms. The van der Waals surface area contributed by atoms with Crippen molar-refractivity contribution in [3.05, 3.63) is 94.0 Å². The Bertz CT molecular complexity index is 1220. The second-order valence-electron chi connectivity index (χ2n) is 7.07. The van der Waals surface area contributed by atoms with Gasteiger partial charge < -0.3 is 4.74 Å². The van der Waals surface area contributed by atoms with E-state index in [9.17, 15) is 19.2 Å². The van der Waals surface area contributed by atoms with Crippen LogP contribution in [0.2, 0.25) is 0 Å². The first-order chi connectivity index (χ1) is 15.3. The van der Waals surface area contributed by atoms with E-state index < -0.39 is 17.8 Å². The van der Waals surface area contributed by atoms with Gasteiger partial charge in [0.05, 0.1) is 16.7 Å². The maximum absolute atomic E-state index is 12.8. The minimum atomic E-state index is -0.539. The fourth-order valence-electron chi connectivity index (χ4n) is 3.33. The molecule has 4 rings (SSSR count). The Morgan fingerprint density at radius 2 is 1.56 bits per heavy atom. The van der Waals surface area contributed by atoms with Gasteiger partial charge in [-0.05, 0) is 54.6 Å². The number of ether oxygens (including phenoxy) is 1. The molecule has 1 aliphatic rings. The van der Waals surface area contributed by atoms with Crippen LogP contribution in [0.15, 0.2) is 77.3 Å². The van der Waals surface area contributed by atoms with Crippen molar-refractivity contribution >= 4 is 45.3 Å². The number of anilines is 1. The molecule has 1 aliphatic heterocycles. The molecule has 0 saturated carbocycles. The summed E-state index contributed by atoms with van der Waals surface area (Å²) in [5.74, 6) is -1.41. The van der Waals surface area contributed by atoms with Crippen LogP contribution < -0.4 is 9.64 Å². The summed E-state index contributed by atoms with van der Waals surface area (Å²) in [6.07, 6.45) is 0. The van der Waals surface area contributed by atoms with Crippen LogP contribution >= 0.6 is 15.9 Å². The Kier molecular flexibility index (Phi) is 5.87. The van der Waals surface area contributed by atoms with E-state index in [1.807, 2.05) is 6.07 Å². The average molecular weight is 493 g/mol. The Hall–Kier alpha value is -3.78. The summed E-state index contributed by atoms with van der Waals surface area (Å²) >= 11 is 3.30. The highest BCUT2D eigenvalue weighted by molar-refractivity contribution is 9.10. The van der Waals surface area contributed by atoms with Gasteiger partial charge in [0.15, 0.2) is 0 Å². The molecular weight excluding hydrogens is 476 g/mol. The number of amides is 3. The summed E-state index contributed by atoms with van der Waals surface area (Å²) in [6.45, 7) is 1.10. The highest BCUT2D eigenvalue weighted by Gasteiger charge is 2.37. The number of para-hydroxylation sites is 1. The maximum atomic E-state index is 12.8. The van der Waals surface area contributed by atoms with Gasteiger partial charge in [0.25, 0.3) is 11.8 Å². The monoisotopic (exact) mass is 492 g/mol. The lowest BCUT2D eigenvalue weighted by atomic mass is 10.1. The summed E-state index contributed by atoms with van der Waals surface area (Å²) in [7, 11) is 0. The van der Waals surface area contributed by atoms with Gasteiger partial charge in [0.1, 0.15) is 12.4 Å². The predicted molar refractivity (Wildman–Crippen MR) is 121 cm³/mol. The van der Waals surface area contributed by atoms with Crippen molar-refractivity contribution in [2.45, 2.75) is 6.92 Å². The van der Waals surface area contributed by atoms with Gasteiger partial charge in [-0.15, -0.1) is 0 Å². The molecule has 0 spiro atoms. The maximum Gasteiger partial charge on any atom is 0.343 e. The summed E-state index contributed by atoms with van der Waals surface area (Å²) in [4.78, 5) is 52.4. The van der Waals surface area contributed by atoms with E-state index in [0.29, 0.717) is 27.0 Å². The molecule has 0 saturated heterocycles. The second-order valence-corrected chi connectivity index (χ2v) is 7.98. The molecule has 160 valence electrons. The topological polar surface area (TPSA) is 84.0 Å². The fourth-order valence-corrected chi connectivity index (χ4v) is 3.69. The molecule has 0 bridgehead atoms. The Balaban J connectivity index is 1.52. The van der Waals surface area contributed by atoms with Gasteiger partial charge in [-0.1, -0.05) is 34.1 Å². The number of imide groups is 1. The van der Waals surface area contributed by atoms with Crippen molar-refractivity contribution in [2.75, 3.05) is 11.6 Å². The molecule has 1 heterocycles. The van der Waals surface area contributed by atoms with Crippen LogP contribution in [0.4, 0.5) is 5.69 Å². The molecule has 0 N–H and O–H groups in total. The molecule has 0 radical (unpaired) electrons. The average Bonchev–Trinajstić information content (AvgIpc) is 3.01. The zero-order valence-electron chi connectivity index (χ0n) is 16.9. The van der Waals surface area contributed by atoms with Crippen molar-refractivity contribution in [2.24, 2.45) is 0 Å². The number of fused-ring (bicyclic) bond motifs is 1. The number of carbonyl (C=O) groups is 4. The van der Waals surface area contributed by atoms with E-state index in [1.165, 1.54) is 24.0 Å². The van der Waals surface area contributed by atoms with Crippen LogP contribution in [0, 0.1) is 0 Å². The molecule has 0 fully saturated rings. The first-order valence-electron chi connectivity index (χ1n) is 9.66. The van der Waals surface area contributed by atoms with Gasteiger partial charge in [-0.2, -0.15) is 0 Å². The lowest BCUT2D eigenvalue weighted by molar-refractivity contribution is -0.116. The Morgan fingerprint density at radius 1 is 0.906 bits per heavy atom. The van der Waals surface area contributed by atoms with Crippen molar-refractivity contribution in [3.8, 4) is 5.75 Å². The molecular formula is C24H17BrN2O5. The summed E-state index contributed by atoms with van der Waals surface area (Å²) in [5.41, 5.74) is 1.31. The van der Waals surface area contributed by atoms with Gasteiger partial charge in [-0.3, -0.25) is 24.2 Å². The lowest BCUT2D eigenvalue weighted by Crippen LogP contribution is -2.43. The Morgan fingerprint density at radius 3 is 2.22 bits per heavy atom. The highest BCUT2D eigenvalue weighted by Crippen LogP contribution is 2.27. The van der Waals surface area contributed by atoms with E-state index in [1.54, 1.807) is 54.6 Å². The molecule has 0 unspecified atom stereocenters. The summed E-state index contributed by atoms with van der Waals surface area (Å²) in [5, 5.41) is 0. The van der Waals surface area contributed by atoms with Crippen LogP contribution in [0.1, 0.15) is 38.0 Å². The molecule has 0 atom stereocenters. The molecule has 0 aromatic heterocycles. The highest BCUT2D eigenvalue weighted by atomic mass is 79.9. The first-order valence-corrected chi connectivity index (χ1v) is 10.5. The standard InChI is InChI=1S/C24H17BrN2O5/c1-15(28)26(14-27-22(29)20-12-9-17(25)13-21(20)23(27)30)18-10-7-16(8-11-18)24(31)32-19-5-3-2-4-6-19/h2-13H,14H2,1H3. The number of benzene rings is 3. The van der Waals surface area contributed by atoms with Crippen molar-refractivity contribution < 1.29 is 23.9 Å². The Labute approximate surface area is 192 Å². The molecule has 3 amide bonds. The third kappa shape index (κ3) is 4.17. The fraction of sp³-hybridized carbons (Fsp3) is 0.0833. The predicted octanol–water partition coefficient (Wildman–Crippen LogP) is 4.27. The van der Waals surface area contributed by atoms with Crippen LogP contribution in [0.25, 0.3) is 0 Å². The number of nitrogens with zero attached hydrogens (tertiary/aromatic N) is 2. The van der Waals surface area contributed by atoms with E-state index in [4.69, 9.17) is 4.74 Å². The third-order valence-electron chi connectivity index (χ3n) is 4.96. The first kappa shape index (κ1) is 21.5. The largest absolute Gasteiger partial charge is 0.423 e. The van der Waals surface area contributed by atoms with Crippen molar-refractivity contribution in [1.82, 2.24) is 4.90 Å². The minimum absolute atomic E-state index is 0.243. The number of halogens is 1. The number of hydrogen-bond donors (Lipinski definition) is 0. The molecule has 3 aromatic rings. The van der Waals surface area contributed by atoms with Gasteiger partial charge in [-0.25, -0.2) is 4.79 Å². The van der Waals surface area contributed by atoms with E-state index in [2.05, 4.69) is 15.9 Å². The minimum Gasteiger partial charge on any atom is -0.423 e. The van der Waals surface area contributed by atoms with Crippen LogP contribution in [0.3, 0.4) is 0 Å².